The zero-order chi connectivity index (χ0) is 14.6. The van der Waals surface area contributed by atoms with Crippen molar-refractivity contribution < 1.29 is 0 Å². The fourth-order valence-electron chi connectivity index (χ4n) is 2.20. The van der Waals surface area contributed by atoms with E-state index in [4.69, 9.17) is 11.6 Å². The number of hydrogen-bond donors (Lipinski definition) is 0. The summed E-state index contributed by atoms with van der Waals surface area (Å²) < 4.78 is 1.09. The Balaban J connectivity index is 2.39. The molecule has 0 nitrogen and oxygen atoms in total. The van der Waals surface area contributed by atoms with Crippen LogP contribution in [-0.4, -0.2) is 10.7 Å². The Morgan fingerprint density at radius 3 is 2.05 bits per heavy atom. The molecule has 2 aromatic carbocycles. The van der Waals surface area contributed by atoms with Gasteiger partial charge in [0.05, 0.1) is 0 Å². The quantitative estimate of drug-likeness (QED) is 0.435. The molecule has 4 heteroatoms. The SMILES string of the molecule is Clc1ccccc1CC(CBr)(CBr)c1ccc(Br)cc1. The van der Waals surface area contributed by atoms with E-state index in [1.54, 1.807) is 0 Å². The highest BCUT2D eigenvalue weighted by Crippen LogP contribution is 2.35. The molecule has 106 valence electrons. The molecule has 0 aliphatic carbocycles. The van der Waals surface area contributed by atoms with E-state index in [2.05, 4.69) is 78.1 Å². The smallest absolute Gasteiger partial charge is 0.0438 e. The predicted molar refractivity (Wildman–Crippen MR) is 98.6 cm³/mol. The third-order valence-electron chi connectivity index (χ3n) is 3.45. The van der Waals surface area contributed by atoms with Gasteiger partial charge in [0.1, 0.15) is 0 Å². The van der Waals surface area contributed by atoms with E-state index in [0.29, 0.717) is 0 Å². The molecule has 0 saturated carbocycles. The van der Waals surface area contributed by atoms with Crippen molar-refractivity contribution in [1.29, 1.82) is 0 Å². The maximum absolute atomic E-state index is 6.32. The van der Waals surface area contributed by atoms with E-state index in [1.807, 2.05) is 18.2 Å². The first kappa shape index (κ1) is 16.5. The lowest BCUT2D eigenvalue weighted by molar-refractivity contribution is 0.551. The molecule has 0 atom stereocenters. The van der Waals surface area contributed by atoms with Gasteiger partial charge in [-0.2, -0.15) is 0 Å². The number of hydrogen-bond acceptors (Lipinski definition) is 0. The van der Waals surface area contributed by atoms with Gasteiger partial charge in [0.25, 0.3) is 0 Å². The third kappa shape index (κ3) is 3.68. The summed E-state index contributed by atoms with van der Waals surface area (Å²) >= 11 is 17.2. The van der Waals surface area contributed by atoms with Crippen LogP contribution in [-0.2, 0) is 11.8 Å². The summed E-state index contributed by atoms with van der Waals surface area (Å²) in [5.41, 5.74) is 2.47. The van der Waals surface area contributed by atoms with Crippen LogP contribution in [0.25, 0.3) is 0 Å². The average molecular weight is 481 g/mol. The molecular weight excluding hydrogens is 467 g/mol. The minimum Gasteiger partial charge on any atom is -0.0918 e. The lowest BCUT2D eigenvalue weighted by atomic mass is 9.79. The first-order chi connectivity index (χ1) is 9.61. The zero-order valence-electron chi connectivity index (χ0n) is 10.8. The largest absolute Gasteiger partial charge is 0.0918 e. The van der Waals surface area contributed by atoms with Crippen molar-refractivity contribution in [2.24, 2.45) is 0 Å². The van der Waals surface area contributed by atoms with Crippen LogP contribution >= 0.6 is 59.4 Å². The topological polar surface area (TPSA) is 0 Å². The molecule has 0 fully saturated rings. The van der Waals surface area contributed by atoms with Crippen molar-refractivity contribution in [3.8, 4) is 0 Å². The molecule has 0 radical (unpaired) electrons. The number of alkyl halides is 2. The Kier molecular flexibility index (Phi) is 6.15. The second kappa shape index (κ2) is 7.44. The molecule has 0 amide bonds. The van der Waals surface area contributed by atoms with Crippen LogP contribution in [0.3, 0.4) is 0 Å². The minimum atomic E-state index is -0.00824. The summed E-state index contributed by atoms with van der Waals surface area (Å²) in [6.07, 6.45) is 0.894. The second-order valence-corrected chi connectivity index (χ2v) is 7.27. The van der Waals surface area contributed by atoms with Crippen LogP contribution in [0.15, 0.2) is 53.0 Å². The van der Waals surface area contributed by atoms with E-state index < -0.39 is 0 Å². The van der Waals surface area contributed by atoms with Crippen LogP contribution in [0.5, 0.6) is 0 Å². The Bertz CT molecular complexity index is 562. The van der Waals surface area contributed by atoms with Gasteiger partial charge in [-0.1, -0.05) is 89.7 Å². The van der Waals surface area contributed by atoms with Crippen LogP contribution < -0.4 is 0 Å². The van der Waals surface area contributed by atoms with Crippen molar-refractivity contribution >= 4 is 59.4 Å². The van der Waals surface area contributed by atoms with Gasteiger partial charge in [-0.15, -0.1) is 0 Å². The molecule has 0 aliphatic heterocycles. The molecule has 0 aliphatic rings. The molecule has 0 unspecified atom stereocenters. The first-order valence-corrected chi connectivity index (χ1v) is 9.64. The van der Waals surface area contributed by atoms with Gasteiger partial charge in [0.2, 0.25) is 0 Å². The fourth-order valence-corrected chi connectivity index (χ4v) is 4.64. The highest BCUT2D eigenvalue weighted by atomic mass is 79.9. The predicted octanol–water partition coefficient (Wildman–Crippen LogP) is 6.37. The Hall–Kier alpha value is 0.170. The van der Waals surface area contributed by atoms with Gasteiger partial charge < -0.3 is 0 Å². The van der Waals surface area contributed by atoms with Crippen molar-refractivity contribution in [3.63, 3.8) is 0 Å². The Morgan fingerprint density at radius 1 is 0.900 bits per heavy atom. The second-order valence-electron chi connectivity index (χ2n) is 4.82. The lowest BCUT2D eigenvalue weighted by Crippen LogP contribution is -2.33. The molecule has 20 heavy (non-hydrogen) atoms. The van der Waals surface area contributed by atoms with Gasteiger partial charge >= 0.3 is 0 Å². The summed E-state index contributed by atoms with van der Waals surface area (Å²) in [5.74, 6) is 0. The first-order valence-electron chi connectivity index (χ1n) is 6.23. The third-order valence-corrected chi connectivity index (χ3v) is 6.50. The van der Waals surface area contributed by atoms with Crippen molar-refractivity contribution in [2.75, 3.05) is 10.7 Å². The van der Waals surface area contributed by atoms with Crippen LogP contribution in [0.4, 0.5) is 0 Å². The van der Waals surface area contributed by atoms with Gasteiger partial charge in [-0.3, -0.25) is 0 Å². The van der Waals surface area contributed by atoms with Crippen molar-refractivity contribution in [2.45, 2.75) is 11.8 Å². The summed E-state index contributed by atoms with van der Waals surface area (Å²) in [4.78, 5) is 0. The van der Waals surface area contributed by atoms with E-state index in [0.717, 1.165) is 26.6 Å². The van der Waals surface area contributed by atoms with Gasteiger partial charge in [-0.05, 0) is 35.7 Å². The van der Waals surface area contributed by atoms with E-state index in [1.165, 1.54) is 11.1 Å². The zero-order valence-corrected chi connectivity index (χ0v) is 16.3. The van der Waals surface area contributed by atoms with Gasteiger partial charge in [0.15, 0.2) is 0 Å². The number of rotatable bonds is 5. The number of benzene rings is 2. The van der Waals surface area contributed by atoms with E-state index >= 15 is 0 Å². The molecule has 2 rings (SSSR count). The average Bonchev–Trinajstić information content (AvgIpc) is 2.48. The summed E-state index contributed by atoms with van der Waals surface area (Å²) in [6.45, 7) is 0. The minimum absolute atomic E-state index is 0.00824. The van der Waals surface area contributed by atoms with Crippen LogP contribution in [0.1, 0.15) is 11.1 Å². The molecule has 0 heterocycles. The highest BCUT2D eigenvalue weighted by molar-refractivity contribution is 9.10. The van der Waals surface area contributed by atoms with Crippen LogP contribution in [0.2, 0.25) is 5.02 Å². The molecular formula is C16H14Br3Cl. The molecule has 0 saturated heterocycles. The Morgan fingerprint density at radius 2 is 1.50 bits per heavy atom. The van der Waals surface area contributed by atoms with E-state index in [9.17, 15) is 0 Å². The highest BCUT2D eigenvalue weighted by Gasteiger charge is 2.31. The summed E-state index contributed by atoms with van der Waals surface area (Å²) in [5, 5.41) is 2.58. The summed E-state index contributed by atoms with van der Waals surface area (Å²) in [6, 6.07) is 16.6. The van der Waals surface area contributed by atoms with Gasteiger partial charge in [0, 0.05) is 25.6 Å². The molecule has 0 N–H and O–H groups in total. The van der Waals surface area contributed by atoms with E-state index in [-0.39, 0.29) is 5.41 Å². The van der Waals surface area contributed by atoms with Crippen molar-refractivity contribution in [1.82, 2.24) is 0 Å². The summed E-state index contributed by atoms with van der Waals surface area (Å²) in [7, 11) is 0. The van der Waals surface area contributed by atoms with Gasteiger partial charge in [-0.25, -0.2) is 0 Å². The normalized spacial score (nSPS) is 11.6. The molecule has 0 bridgehead atoms. The van der Waals surface area contributed by atoms with Crippen LogP contribution in [0, 0.1) is 0 Å². The number of halogens is 4. The van der Waals surface area contributed by atoms with Crippen molar-refractivity contribution in [3.05, 3.63) is 69.2 Å². The standard InChI is InChI=1S/C16H14Br3Cl/c17-10-16(11-18,13-5-7-14(19)8-6-13)9-12-3-1-2-4-15(12)20/h1-8H,9-11H2. The molecule has 2 aromatic rings. The maximum Gasteiger partial charge on any atom is 0.0438 e. The Labute approximate surface area is 150 Å². The fraction of sp³-hybridized carbons (Fsp3) is 0.250. The molecule has 0 aromatic heterocycles. The monoisotopic (exact) mass is 478 g/mol. The molecule has 0 spiro atoms. The lowest BCUT2D eigenvalue weighted by Gasteiger charge is -2.31. The maximum atomic E-state index is 6.32.